The minimum atomic E-state index is -0.268. The Hall–Kier alpha value is -3.66. The second-order valence-corrected chi connectivity index (χ2v) is 5.88. The second-order valence-electron chi connectivity index (χ2n) is 5.88. The Kier molecular flexibility index (Phi) is 4.07. The molecule has 0 atom stereocenters. The zero-order valence-electron chi connectivity index (χ0n) is 14.1. The maximum Gasteiger partial charge on any atom is 0.287 e. The van der Waals surface area contributed by atoms with Crippen molar-refractivity contribution in [3.05, 3.63) is 53.7 Å². The third-order valence-corrected chi connectivity index (χ3v) is 3.85. The topological polar surface area (TPSA) is 99.3 Å². The molecule has 0 aliphatic heterocycles. The third kappa shape index (κ3) is 3.26. The molecule has 0 aliphatic rings. The number of nitrogens with zero attached hydrogens (tertiary/aromatic N) is 3. The number of carbonyl (C=O) groups excluding carboxylic acids is 1. The van der Waals surface area contributed by atoms with Gasteiger partial charge >= 0.3 is 0 Å². The summed E-state index contributed by atoms with van der Waals surface area (Å²) in [5.74, 6) is 6.10. The van der Waals surface area contributed by atoms with Gasteiger partial charge in [-0.25, -0.2) is 15.0 Å². The van der Waals surface area contributed by atoms with Crippen molar-refractivity contribution in [2.75, 3.05) is 6.54 Å². The summed E-state index contributed by atoms with van der Waals surface area (Å²) >= 11 is 0. The van der Waals surface area contributed by atoms with Gasteiger partial charge in [0.25, 0.3) is 5.91 Å². The first-order valence-corrected chi connectivity index (χ1v) is 8.22. The van der Waals surface area contributed by atoms with Crippen LogP contribution in [0, 0.1) is 18.8 Å². The summed E-state index contributed by atoms with van der Waals surface area (Å²) in [6, 6.07) is 7.65. The number of pyridine rings is 2. The number of amides is 1. The number of aromatic amines is 2. The number of aromatic nitrogens is 5. The van der Waals surface area contributed by atoms with Gasteiger partial charge in [0.1, 0.15) is 5.65 Å². The van der Waals surface area contributed by atoms with Gasteiger partial charge in [-0.2, -0.15) is 0 Å². The molecule has 128 valence electrons. The first-order chi connectivity index (χ1) is 12.7. The number of carbonyl (C=O) groups is 1. The number of fused-ring (bicyclic) bond motifs is 2. The normalized spacial score (nSPS) is 10.7. The Labute approximate surface area is 149 Å². The van der Waals surface area contributed by atoms with Gasteiger partial charge in [-0.1, -0.05) is 11.8 Å². The van der Waals surface area contributed by atoms with E-state index in [0.717, 1.165) is 27.8 Å². The van der Waals surface area contributed by atoms with Gasteiger partial charge in [0.2, 0.25) is 0 Å². The lowest BCUT2D eigenvalue weighted by atomic mass is 10.2. The maximum absolute atomic E-state index is 12.1. The van der Waals surface area contributed by atoms with Gasteiger partial charge < -0.3 is 15.3 Å². The summed E-state index contributed by atoms with van der Waals surface area (Å²) in [6.45, 7) is 2.43. The van der Waals surface area contributed by atoms with E-state index in [-0.39, 0.29) is 11.7 Å². The quantitative estimate of drug-likeness (QED) is 0.392. The number of hydrogen-bond donors (Lipinski definition) is 3. The van der Waals surface area contributed by atoms with Crippen LogP contribution in [0.15, 0.2) is 36.7 Å². The van der Waals surface area contributed by atoms with E-state index in [1.54, 1.807) is 18.5 Å². The van der Waals surface area contributed by atoms with E-state index in [9.17, 15) is 4.79 Å². The molecule has 4 aromatic heterocycles. The van der Waals surface area contributed by atoms with E-state index in [4.69, 9.17) is 0 Å². The second kappa shape index (κ2) is 6.69. The highest BCUT2D eigenvalue weighted by Crippen LogP contribution is 2.13. The fourth-order valence-electron chi connectivity index (χ4n) is 2.66. The van der Waals surface area contributed by atoms with E-state index in [2.05, 4.69) is 42.1 Å². The molecule has 0 bridgehead atoms. The molecule has 0 spiro atoms. The number of H-pyrrole nitrogens is 2. The van der Waals surface area contributed by atoms with Crippen molar-refractivity contribution in [1.82, 2.24) is 30.2 Å². The van der Waals surface area contributed by atoms with E-state index in [1.807, 2.05) is 25.1 Å². The van der Waals surface area contributed by atoms with Crippen LogP contribution >= 0.6 is 0 Å². The van der Waals surface area contributed by atoms with E-state index < -0.39 is 0 Å². The van der Waals surface area contributed by atoms with Crippen LogP contribution in [0.1, 0.15) is 28.3 Å². The molecule has 0 fully saturated rings. The van der Waals surface area contributed by atoms with Crippen LogP contribution in [0.2, 0.25) is 0 Å². The Morgan fingerprint density at radius 3 is 3.08 bits per heavy atom. The Bertz CT molecular complexity index is 1130. The number of rotatable bonds is 3. The van der Waals surface area contributed by atoms with Crippen molar-refractivity contribution in [3.8, 4) is 11.8 Å². The largest absolute Gasteiger partial charge is 0.348 e. The predicted molar refractivity (Wildman–Crippen MR) is 98.5 cm³/mol. The van der Waals surface area contributed by atoms with Crippen LogP contribution in [0.4, 0.5) is 0 Å². The zero-order valence-corrected chi connectivity index (χ0v) is 14.1. The third-order valence-electron chi connectivity index (χ3n) is 3.85. The Balaban J connectivity index is 1.34. The standard InChI is InChI=1S/C19H16N6O/c1-12-9-14-10-13(11-22-16(14)23-12)5-2-3-7-21-19(26)18-24-15-6-4-8-20-17(15)25-18/h4,6,8-11H,3,7H2,1H3,(H,21,26)(H,22,23)(H,20,24,25). The van der Waals surface area contributed by atoms with E-state index in [1.165, 1.54) is 0 Å². The van der Waals surface area contributed by atoms with Crippen molar-refractivity contribution in [2.24, 2.45) is 0 Å². The number of hydrogen-bond acceptors (Lipinski definition) is 4. The zero-order chi connectivity index (χ0) is 17.9. The average Bonchev–Trinajstić information content (AvgIpc) is 3.23. The molecule has 0 radical (unpaired) electrons. The molecule has 26 heavy (non-hydrogen) atoms. The van der Waals surface area contributed by atoms with Crippen molar-refractivity contribution >= 4 is 28.1 Å². The fraction of sp³-hybridized carbons (Fsp3) is 0.158. The lowest BCUT2D eigenvalue weighted by Crippen LogP contribution is -2.25. The van der Waals surface area contributed by atoms with Crippen LogP contribution in [-0.2, 0) is 0 Å². The van der Waals surface area contributed by atoms with Crippen molar-refractivity contribution < 1.29 is 4.79 Å². The van der Waals surface area contributed by atoms with Gasteiger partial charge in [-0.05, 0) is 31.2 Å². The van der Waals surface area contributed by atoms with Crippen LogP contribution < -0.4 is 5.32 Å². The molecule has 0 saturated carbocycles. The van der Waals surface area contributed by atoms with Gasteiger partial charge in [0.15, 0.2) is 11.5 Å². The molecule has 0 unspecified atom stereocenters. The molecule has 1 amide bonds. The molecule has 3 N–H and O–H groups in total. The highest BCUT2D eigenvalue weighted by Gasteiger charge is 2.10. The first-order valence-electron chi connectivity index (χ1n) is 8.22. The van der Waals surface area contributed by atoms with Crippen LogP contribution in [0.3, 0.4) is 0 Å². The molecule has 0 saturated heterocycles. The van der Waals surface area contributed by atoms with Crippen LogP contribution in [0.5, 0.6) is 0 Å². The summed E-state index contributed by atoms with van der Waals surface area (Å²) in [6.07, 6.45) is 3.92. The van der Waals surface area contributed by atoms with Crippen molar-refractivity contribution in [2.45, 2.75) is 13.3 Å². The summed E-state index contributed by atoms with van der Waals surface area (Å²) in [5, 5.41) is 3.84. The highest BCUT2D eigenvalue weighted by molar-refractivity contribution is 5.93. The van der Waals surface area contributed by atoms with Gasteiger partial charge in [-0.15, -0.1) is 0 Å². The van der Waals surface area contributed by atoms with Crippen LogP contribution in [-0.4, -0.2) is 37.4 Å². The lowest BCUT2D eigenvalue weighted by Gasteiger charge is -1.98. The molecule has 7 heteroatoms. The fourth-order valence-corrected chi connectivity index (χ4v) is 2.66. The molecule has 4 aromatic rings. The summed E-state index contributed by atoms with van der Waals surface area (Å²) in [5.41, 5.74) is 4.05. The lowest BCUT2D eigenvalue weighted by molar-refractivity contribution is 0.0945. The molecule has 0 aromatic carbocycles. The average molecular weight is 344 g/mol. The monoisotopic (exact) mass is 344 g/mol. The molecule has 4 heterocycles. The number of aryl methyl sites for hydroxylation is 1. The predicted octanol–water partition coefficient (Wildman–Crippen LogP) is 2.31. The maximum atomic E-state index is 12.1. The van der Waals surface area contributed by atoms with E-state index in [0.29, 0.717) is 18.6 Å². The molecular weight excluding hydrogens is 328 g/mol. The Morgan fingerprint density at radius 1 is 1.27 bits per heavy atom. The Morgan fingerprint density at radius 2 is 2.19 bits per heavy atom. The molecule has 7 nitrogen and oxygen atoms in total. The molecule has 4 rings (SSSR count). The SMILES string of the molecule is Cc1cc2cc(C#CCCNC(=O)c3nc4ncccc4[nH]3)cnc2[nH]1. The minimum absolute atomic E-state index is 0.254. The molecular formula is C19H16N6O. The van der Waals surface area contributed by atoms with Crippen molar-refractivity contribution in [3.63, 3.8) is 0 Å². The minimum Gasteiger partial charge on any atom is -0.348 e. The smallest absolute Gasteiger partial charge is 0.287 e. The van der Waals surface area contributed by atoms with Crippen molar-refractivity contribution in [1.29, 1.82) is 0 Å². The summed E-state index contributed by atoms with van der Waals surface area (Å²) < 4.78 is 0. The van der Waals surface area contributed by atoms with E-state index >= 15 is 0 Å². The molecule has 0 aliphatic carbocycles. The number of nitrogens with one attached hydrogen (secondary N) is 3. The first kappa shape index (κ1) is 15.8. The summed E-state index contributed by atoms with van der Waals surface area (Å²) in [4.78, 5) is 30.8. The van der Waals surface area contributed by atoms with Gasteiger partial charge in [-0.3, -0.25) is 4.79 Å². The summed E-state index contributed by atoms with van der Waals surface area (Å²) in [7, 11) is 0. The highest BCUT2D eigenvalue weighted by atomic mass is 16.2. The number of imidazole rings is 1. The van der Waals surface area contributed by atoms with Crippen LogP contribution in [0.25, 0.3) is 22.2 Å². The van der Waals surface area contributed by atoms with Gasteiger partial charge in [0, 0.05) is 42.0 Å². The van der Waals surface area contributed by atoms with Gasteiger partial charge in [0.05, 0.1) is 5.52 Å².